The van der Waals surface area contributed by atoms with Crippen molar-refractivity contribution in [1.82, 2.24) is 15.2 Å². The highest BCUT2D eigenvalue weighted by Crippen LogP contribution is 2.30. The summed E-state index contributed by atoms with van der Waals surface area (Å²) in [5, 5.41) is 3.69. The van der Waals surface area contributed by atoms with Crippen LogP contribution in [0.3, 0.4) is 0 Å². The van der Waals surface area contributed by atoms with Gasteiger partial charge in [-0.05, 0) is 56.0 Å². The third kappa shape index (κ3) is 4.29. The first kappa shape index (κ1) is 14.5. The summed E-state index contributed by atoms with van der Waals surface area (Å²) in [5.74, 6) is 0. The number of pyridine rings is 1. The largest absolute Gasteiger partial charge is 0.312 e. The third-order valence-electron chi connectivity index (χ3n) is 4.36. The lowest BCUT2D eigenvalue weighted by molar-refractivity contribution is 0.139. The van der Waals surface area contributed by atoms with Crippen molar-refractivity contribution in [2.45, 2.75) is 39.2 Å². The molecule has 106 valence electrons. The third-order valence-corrected chi connectivity index (χ3v) is 4.36. The van der Waals surface area contributed by atoms with Crippen molar-refractivity contribution in [2.75, 3.05) is 26.7 Å². The van der Waals surface area contributed by atoms with Gasteiger partial charge in [-0.3, -0.25) is 4.98 Å². The lowest BCUT2D eigenvalue weighted by Gasteiger charge is -2.41. The molecule has 0 aromatic carbocycles. The van der Waals surface area contributed by atoms with Crippen LogP contribution in [0, 0.1) is 5.41 Å². The van der Waals surface area contributed by atoms with Crippen LogP contribution in [-0.4, -0.2) is 42.6 Å². The van der Waals surface area contributed by atoms with Crippen molar-refractivity contribution in [3.63, 3.8) is 0 Å². The molecule has 0 aliphatic carbocycles. The average molecular weight is 261 g/mol. The Kier molecular flexibility index (Phi) is 4.94. The average Bonchev–Trinajstić information content (AvgIpc) is 2.40. The molecule has 1 unspecified atom stereocenters. The summed E-state index contributed by atoms with van der Waals surface area (Å²) in [7, 11) is 2.23. The van der Waals surface area contributed by atoms with E-state index in [1.54, 1.807) is 0 Å². The lowest BCUT2D eigenvalue weighted by Crippen LogP contribution is -2.52. The Labute approximate surface area is 117 Å². The molecular formula is C16H27N3. The number of hydrogen-bond acceptors (Lipinski definition) is 3. The number of piperidine rings is 1. The van der Waals surface area contributed by atoms with Crippen LogP contribution in [0.1, 0.15) is 32.3 Å². The summed E-state index contributed by atoms with van der Waals surface area (Å²) in [6, 6.07) is 4.83. The Bertz CT molecular complexity index is 375. The van der Waals surface area contributed by atoms with Gasteiger partial charge in [0.2, 0.25) is 0 Å². The number of aromatic nitrogens is 1. The molecule has 2 heterocycles. The van der Waals surface area contributed by atoms with E-state index < -0.39 is 0 Å². The molecule has 1 fully saturated rings. The molecular weight excluding hydrogens is 234 g/mol. The molecule has 3 heteroatoms. The Hall–Kier alpha value is -0.930. The molecule has 1 aromatic rings. The predicted molar refractivity (Wildman–Crippen MR) is 80.2 cm³/mol. The van der Waals surface area contributed by atoms with Crippen LogP contribution in [0.5, 0.6) is 0 Å². The van der Waals surface area contributed by atoms with Crippen LogP contribution in [0.15, 0.2) is 24.5 Å². The van der Waals surface area contributed by atoms with E-state index in [0.717, 1.165) is 19.5 Å². The molecule has 1 atom stereocenters. The first-order valence-corrected chi connectivity index (χ1v) is 7.39. The molecule has 0 amide bonds. The second-order valence-corrected chi connectivity index (χ2v) is 6.47. The van der Waals surface area contributed by atoms with E-state index in [-0.39, 0.29) is 0 Å². The fourth-order valence-electron chi connectivity index (χ4n) is 2.85. The van der Waals surface area contributed by atoms with Crippen LogP contribution in [-0.2, 0) is 6.42 Å². The molecule has 1 saturated heterocycles. The highest BCUT2D eigenvalue weighted by molar-refractivity contribution is 5.09. The Morgan fingerprint density at radius 3 is 2.79 bits per heavy atom. The van der Waals surface area contributed by atoms with Crippen molar-refractivity contribution in [2.24, 2.45) is 5.41 Å². The van der Waals surface area contributed by atoms with Gasteiger partial charge in [0.25, 0.3) is 0 Å². The second kappa shape index (κ2) is 6.49. The molecule has 1 aliphatic rings. The van der Waals surface area contributed by atoms with E-state index in [2.05, 4.69) is 48.2 Å². The zero-order valence-corrected chi connectivity index (χ0v) is 12.5. The van der Waals surface area contributed by atoms with Gasteiger partial charge in [0.05, 0.1) is 0 Å². The van der Waals surface area contributed by atoms with Gasteiger partial charge in [-0.2, -0.15) is 0 Å². The first-order valence-electron chi connectivity index (χ1n) is 7.39. The van der Waals surface area contributed by atoms with E-state index in [0.29, 0.717) is 11.5 Å². The smallest absolute Gasteiger partial charge is 0.0270 e. The molecule has 1 N–H and O–H groups in total. The highest BCUT2D eigenvalue weighted by atomic mass is 15.1. The van der Waals surface area contributed by atoms with Crippen molar-refractivity contribution in [3.8, 4) is 0 Å². The van der Waals surface area contributed by atoms with Gasteiger partial charge in [-0.1, -0.05) is 13.8 Å². The lowest BCUT2D eigenvalue weighted by atomic mass is 9.77. The van der Waals surface area contributed by atoms with Crippen LogP contribution in [0.4, 0.5) is 0 Å². The SMILES string of the molecule is CN(CCc1ccncc1)CC1NCCCC1(C)C. The molecule has 1 aromatic heterocycles. The van der Waals surface area contributed by atoms with Gasteiger partial charge in [0, 0.05) is 31.5 Å². The first-order chi connectivity index (χ1) is 9.08. The Balaban J connectivity index is 1.79. The van der Waals surface area contributed by atoms with Crippen molar-refractivity contribution >= 4 is 0 Å². The Morgan fingerprint density at radius 1 is 1.37 bits per heavy atom. The molecule has 2 rings (SSSR count). The van der Waals surface area contributed by atoms with Crippen LogP contribution >= 0.6 is 0 Å². The van der Waals surface area contributed by atoms with Crippen molar-refractivity contribution in [3.05, 3.63) is 30.1 Å². The maximum absolute atomic E-state index is 4.06. The van der Waals surface area contributed by atoms with Crippen molar-refractivity contribution in [1.29, 1.82) is 0 Å². The number of nitrogens with zero attached hydrogens (tertiary/aromatic N) is 2. The van der Waals surface area contributed by atoms with E-state index >= 15 is 0 Å². The zero-order valence-electron chi connectivity index (χ0n) is 12.5. The Morgan fingerprint density at radius 2 is 2.11 bits per heavy atom. The van der Waals surface area contributed by atoms with E-state index in [9.17, 15) is 0 Å². The van der Waals surface area contributed by atoms with Gasteiger partial charge in [0.1, 0.15) is 0 Å². The summed E-state index contributed by atoms with van der Waals surface area (Å²) in [6.07, 6.45) is 7.50. The molecule has 0 spiro atoms. The monoisotopic (exact) mass is 261 g/mol. The molecule has 3 nitrogen and oxygen atoms in total. The summed E-state index contributed by atoms with van der Waals surface area (Å²) >= 11 is 0. The summed E-state index contributed by atoms with van der Waals surface area (Å²) in [4.78, 5) is 6.51. The van der Waals surface area contributed by atoms with E-state index in [1.165, 1.54) is 24.9 Å². The summed E-state index contributed by atoms with van der Waals surface area (Å²) in [5.41, 5.74) is 1.79. The maximum atomic E-state index is 4.06. The van der Waals surface area contributed by atoms with Gasteiger partial charge >= 0.3 is 0 Å². The van der Waals surface area contributed by atoms with Gasteiger partial charge < -0.3 is 10.2 Å². The minimum absolute atomic E-state index is 0.420. The highest BCUT2D eigenvalue weighted by Gasteiger charge is 2.32. The normalized spacial score (nSPS) is 22.6. The quantitative estimate of drug-likeness (QED) is 0.882. The van der Waals surface area contributed by atoms with E-state index in [1.807, 2.05) is 12.4 Å². The minimum atomic E-state index is 0.420. The van der Waals surface area contributed by atoms with Gasteiger partial charge in [0.15, 0.2) is 0 Å². The zero-order chi connectivity index (χ0) is 13.7. The summed E-state index contributed by atoms with van der Waals surface area (Å²) < 4.78 is 0. The molecule has 0 saturated carbocycles. The molecule has 0 bridgehead atoms. The maximum Gasteiger partial charge on any atom is 0.0270 e. The van der Waals surface area contributed by atoms with Crippen molar-refractivity contribution < 1.29 is 0 Å². The standard InChI is InChI=1S/C16H27N3/c1-16(2)8-4-9-18-15(16)13-19(3)12-7-14-5-10-17-11-6-14/h5-6,10-11,15,18H,4,7-9,12-13H2,1-3H3. The number of rotatable bonds is 5. The fraction of sp³-hybridized carbons (Fsp3) is 0.688. The molecule has 19 heavy (non-hydrogen) atoms. The van der Waals surface area contributed by atoms with Gasteiger partial charge in [-0.15, -0.1) is 0 Å². The molecule has 0 radical (unpaired) electrons. The van der Waals surface area contributed by atoms with Crippen LogP contribution < -0.4 is 5.32 Å². The van der Waals surface area contributed by atoms with E-state index in [4.69, 9.17) is 0 Å². The van der Waals surface area contributed by atoms with Gasteiger partial charge in [-0.25, -0.2) is 0 Å². The minimum Gasteiger partial charge on any atom is -0.312 e. The second-order valence-electron chi connectivity index (χ2n) is 6.47. The number of nitrogens with one attached hydrogen (secondary N) is 1. The molecule has 1 aliphatic heterocycles. The fourth-order valence-corrected chi connectivity index (χ4v) is 2.85. The number of likely N-dealkylation sites (N-methyl/N-ethyl adjacent to an activating group) is 1. The number of hydrogen-bond donors (Lipinski definition) is 1. The van der Waals surface area contributed by atoms with Crippen LogP contribution in [0.2, 0.25) is 0 Å². The topological polar surface area (TPSA) is 28.2 Å². The predicted octanol–water partition coefficient (Wildman–Crippen LogP) is 2.33. The summed E-state index contributed by atoms with van der Waals surface area (Å²) in [6.45, 7) is 8.20. The van der Waals surface area contributed by atoms with Crippen LogP contribution in [0.25, 0.3) is 0 Å².